The van der Waals surface area contributed by atoms with E-state index < -0.39 is 6.16 Å². The molecule has 4 nitrogen and oxygen atoms in total. The Kier molecular flexibility index (Phi) is 3.77. The van der Waals surface area contributed by atoms with Gasteiger partial charge < -0.3 is 14.2 Å². The van der Waals surface area contributed by atoms with Crippen molar-refractivity contribution in [1.29, 1.82) is 0 Å². The van der Waals surface area contributed by atoms with Crippen molar-refractivity contribution in [3.8, 4) is 0 Å². The van der Waals surface area contributed by atoms with E-state index in [2.05, 4.69) is 11.3 Å². The summed E-state index contributed by atoms with van der Waals surface area (Å²) in [7, 11) is 0. The molecule has 0 aromatic heterocycles. The zero-order valence-corrected chi connectivity index (χ0v) is 9.43. The monoisotopic (exact) mass is 234 g/mol. The highest BCUT2D eigenvalue weighted by molar-refractivity contribution is 5.61. The van der Waals surface area contributed by atoms with E-state index in [9.17, 15) is 4.79 Å². The van der Waals surface area contributed by atoms with E-state index >= 15 is 0 Å². The van der Waals surface area contributed by atoms with Crippen molar-refractivity contribution in [1.82, 2.24) is 0 Å². The third kappa shape index (κ3) is 3.32. The van der Waals surface area contributed by atoms with Crippen LogP contribution in [-0.4, -0.2) is 25.5 Å². The number of hydrogen-bond acceptors (Lipinski definition) is 4. The Morgan fingerprint density at radius 3 is 2.76 bits per heavy atom. The number of cyclic esters (lactones) is 2. The van der Waals surface area contributed by atoms with Gasteiger partial charge in [-0.15, -0.1) is 0 Å². The summed E-state index contributed by atoms with van der Waals surface area (Å²) in [6.07, 6.45) is 0.892. The highest BCUT2D eigenvalue weighted by Gasteiger charge is 2.24. The molecule has 1 atom stereocenters. The van der Waals surface area contributed by atoms with Crippen LogP contribution >= 0.6 is 0 Å². The SMILES string of the molecule is C=Cc1ccc(COCC2COC(=O)O2)cc1. The van der Waals surface area contributed by atoms with Crippen LogP contribution in [0.15, 0.2) is 30.8 Å². The zero-order chi connectivity index (χ0) is 12.1. The highest BCUT2D eigenvalue weighted by Crippen LogP contribution is 2.09. The first kappa shape index (κ1) is 11.7. The predicted octanol–water partition coefficient (Wildman–Crippen LogP) is 2.38. The summed E-state index contributed by atoms with van der Waals surface area (Å²) in [4.78, 5) is 10.6. The van der Waals surface area contributed by atoms with Crippen LogP contribution in [0.5, 0.6) is 0 Å². The van der Waals surface area contributed by atoms with Crippen molar-refractivity contribution in [2.45, 2.75) is 12.7 Å². The molecule has 1 aliphatic heterocycles. The lowest BCUT2D eigenvalue weighted by atomic mass is 10.1. The third-order valence-corrected chi connectivity index (χ3v) is 2.44. The van der Waals surface area contributed by atoms with E-state index in [-0.39, 0.29) is 12.7 Å². The molecule has 90 valence electrons. The first-order chi connectivity index (χ1) is 8.28. The Balaban J connectivity index is 1.74. The second kappa shape index (κ2) is 5.50. The second-order valence-corrected chi connectivity index (χ2v) is 3.76. The average molecular weight is 234 g/mol. The molecule has 0 spiro atoms. The first-order valence-electron chi connectivity index (χ1n) is 5.40. The summed E-state index contributed by atoms with van der Waals surface area (Å²) in [6.45, 7) is 4.81. The Morgan fingerprint density at radius 1 is 1.41 bits per heavy atom. The molecule has 1 heterocycles. The van der Waals surface area contributed by atoms with Crippen LogP contribution in [0, 0.1) is 0 Å². The topological polar surface area (TPSA) is 44.8 Å². The molecule has 0 bridgehead atoms. The summed E-state index contributed by atoms with van der Waals surface area (Å²) in [6, 6.07) is 7.91. The van der Waals surface area contributed by atoms with Crippen LogP contribution in [0.25, 0.3) is 6.08 Å². The molecular formula is C13H14O4. The van der Waals surface area contributed by atoms with Gasteiger partial charge in [0.25, 0.3) is 0 Å². The van der Waals surface area contributed by atoms with Gasteiger partial charge in [0.05, 0.1) is 13.2 Å². The van der Waals surface area contributed by atoms with Crippen LogP contribution in [0.3, 0.4) is 0 Å². The number of ether oxygens (including phenoxy) is 3. The summed E-state index contributed by atoms with van der Waals surface area (Å²) >= 11 is 0. The Morgan fingerprint density at radius 2 is 2.18 bits per heavy atom. The number of rotatable bonds is 5. The van der Waals surface area contributed by atoms with E-state index in [1.54, 1.807) is 6.08 Å². The smallest absolute Gasteiger partial charge is 0.430 e. The van der Waals surface area contributed by atoms with Crippen molar-refractivity contribution in [3.05, 3.63) is 42.0 Å². The molecule has 0 saturated carbocycles. The fourth-order valence-electron chi connectivity index (χ4n) is 1.51. The summed E-state index contributed by atoms with van der Waals surface area (Å²) in [5.41, 5.74) is 2.15. The summed E-state index contributed by atoms with van der Waals surface area (Å²) in [5.74, 6) is 0. The fraction of sp³-hybridized carbons (Fsp3) is 0.308. The van der Waals surface area contributed by atoms with Gasteiger partial charge in [0.15, 0.2) is 6.10 Å². The normalized spacial score (nSPS) is 18.6. The van der Waals surface area contributed by atoms with Gasteiger partial charge in [0, 0.05) is 0 Å². The molecule has 0 amide bonds. The number of carbonyl (C=O) groups excluding carboxylic acids is 1. The van der Waals surface area contributed by atoms with Crippen LogP contribution in [0.2, 0.25) is 0 Å². The van der Waals surface area contributed by atoms with Crippen molar-refractivity contribution < 1.29 is 19.0 Å². The maximum Gasteiger partial charge on any atom is 0.508 e. The molecule has 1 aromatic rings. The number of hydrogen-bond donors (Lipinski definition) is 0. The van der Waals surface area contributed by atoms with Crippen molar-refractivity contribution in [3.63, 3.8) is 0 Å². The minimum atomic E-state index is -0.617. The average Bonchev–Trinajstić information content (AvgIpc) is 2.76. The Labute approximate surface area is 99.8 Å². The zero-order valence-electron chi connectivity index (χ0n) is 9.43. The molecule has 4 heteroatoms. The molecule has 1 saturated heterocycles. The maximum absolute atomic E-state index is 10.6. The van der Waals surface area contributed by atoms with Gasteiger partial charge in [-0.3, -0.25) is 0 Å². The molecule has 0 radical (unpaired) electrons. The van der Waals surface area contributed by atoms with Gasteiger partial charge in [0.2, 0.25) is 0 Å². The molecule has 1 aliphatic rings. The van der Waals surface area contributed by atoms with Crippen LogP contribution in [-0.2, 0) is 20.8 Å². The van der Waals surface area contributed by atoms with Crippen LogP contribution < -0.4 is 0 Å². The Bertz CT molecular complexity index is 396. The lowest BCUT2D eigenvalue weighted by Crippen LogP contribution is -2.17. The van der Waals surface area contributed by atoms with Crippen LogP contribution in [0.1, 0.15) is 11.1 Å². The lowest BCUT2D eigenvalue weighted by molar-refractivity contribution is 0.0381. The molecule has 0 aliphatic carbocycles. The lowest BCUT2D eigenvalue weighted by Gasteiger charge is -2.07. The van der Waals surface area contributed by atoms with Gasteiger partial charge in [-0.2, -0.15) is 0 Å². The molecule has 17 heavy (non-hydrogen) atoms. The molecular weight excluding hydrogens is 220 g/mol. The van der Waals surface area contributed by atoms with E-state index in [0.29, 0.717) is 13.2 Å². The van der Waals surface area contributed by atoms with E-state index in [4.69, 9.17) is 9.47 Å². The quantitative estimate of drug-likeness (QED) is 0.734. The van der Waals surface area contributed by atoms with Crippen molar-refractivity contribution in [2.75, 3.05) is 13.2 Å². The van der Waals surface area contributed by atoms with Gasteiger partial charge in [0.1, 0.15) is 6.61 Å². The second-order valence-electron chi connectivity index (χ2n) is 3.76. The van der Waals surface area contributed by atoms with E-state index in [1.165, 1.54) is 0 Å². The van der Waals surface area contributed by atoms with Gasteiger partial charge >= 0.3 is 6.16 Å². The molecule has 1 aromatic carbocycles. The van der Waals surface area contributed by atoms with Crippen molar-refractivity contribution >= 4 is 12.2 Å². The van der Waals surface area contributed by atoms with Gasteiger partial charge in [-0.05, 0) is 11.1 Å². The first-order valence-corrected chi connectivity index (χ1v) is 5.40. The maximum atomic E-state index is 10.6. The third-order valence-electron chi connectivity index (χ3n) is 2.44. The predicted molar refractivity (Wildman–Crippen MR) is 62.4 cm³/mol. The van der Waals surface area contributed by atoms with Gasteiger partial charge in [-0.1, -0.05) is 36.9 Å². The minimum Gasteiger partial charge on any atom is -0.430 e. The summed E-state index contributed by atoms with van der Waals surface area (Å²) in [5, 5.41) is 0. The van der Waals surface area contributed by atoms with Crippen LogP contribution in [0.4, 0.5) is 4.79 Å². The highest BCUT2D eigenvalue weighted by atomic mass is 16.8. The van der Waals surface area contributed by atoms with E-state index in [0.717, 1.165) is 11.1 Å². The Hall–Kier alpha value is -1.81. The minimum absolute atomic E-state index is 0.272. The van der Waals surface area contributed by atoms with Crippen molar-refractivity contribution in [2.24, 2.45) is 0 Å². The molecule has 2 rings (SSSR count). The number of carbonyl (C=O) groups is 1. The molecule has 1 fully saturated rings. The number of benzene rings is 1. The fourth-order valence-corrected chi connectivity index (χ4v) is 1.51. The largest absolute Gasteiger partial charge is 0.508 e. The molecule has 1 unspecified atom stereocenters. The van der Waals surface area contributed by atoms with E-state index in [1.807, 2.05) is 24.3 Å². The standard InChI is InChI=1S/C13H14O4/c1-2-10-3-5-11(6-4-10)7-15-8-12-9-16-13(14)17-12/h2-6,12H,1,7-9H2. The van der Waals surface area contributed by atoms with Gasteiger partial charge in [-0.25, -0.2) is 4.79 Å². The molecule has 0 N–H and O–H groups in total. The summed E-state index contributed by atoms with van der Waals surface area (Å²) < 4.78 is 14.9.